The molecule has 1 fully saturated rings. The van der Waals surface area contributed by atoms with E-state index in [1.165, 1.54) is 24.1 Å². The molecule has 1 aliphatic carbocycles. The fourth-order valence-corrected chi connectivity index (χ4v) is 1.54. The Morgan fingerprint density at radius 1 is 1.43 bits per heavy atom. The third kappa shape index (κ3) is 2.58. The average molecular weight is 208 g/mol. The molecule has 1 aliphatic rings. The number of pyridine rings is 1. The summed E-state index contributed by atoms with van der Waals surface area (Å²) in [6, 6.07) is 4.27. The van der Waals surface area contributed by atoms with Gasteiger partial charge in [0.25, 0.3) is 0 Å². The molecule has 0 N–H and O–H groups in total. The summed E-state index contributed by atoms with van der Waals surface area (Å²) in [4.78, 5) is 4.44. The van der Waals surface area contributed by atoms with Crippen LogP contribution in [0.4, 0.5) is 0 Å². The van der Waals surface area contributed by atoms with Crippen molar-refractivity contribution in [3.8, 4) is 0 Å². The number of alkyl halides is 1. The van der Waals surface area contributed by atoms with Gasteiger partial charge in [0.2, 0.25) is 0 Å². The Hall–Kier alpha value is -0.820. The van der Waals surface area contributed by atoms with E-state index in [-0.39, 0.29) is 0 Å². The van der Waals surface area contributed by atoms with E-state index in [0.29, 0.717) is 5.88 Å². The summed E-state index contributed by atoms with van der Waals surface area (Å²) in [6.07, 6.45) is 9.65. The predicted octanol–water partition coefficient (Wildman–Crippen LogP) is 3.60. The Kier molecular flexibility index (Phi) is 3.20. The second kappa shape index (κ2) is 4.61. The molecule has 0 spiro atoms. The molecular weight excluding hydrogens is 194 g/mol. The lowest BCUT2D eigenvalue weighted by Crippen LogP contribution is -1.85. The van der Waals surface area contributed by atoms with Crippen molar-refractivity contribution in [1.29, 1.82) is 0 Å². The Bertz CT molecular complexity index is 312. The van der Waals surface area contributed by atoms with Crippen LogP contribution in [-0.2, 0) is 0 Å². The van der Waals surface area contributed by atoms with Crippen LogP contribution in [0, 0.1) is 0 Å². The molecular formula is C12H14ClN. The largest absolute Gasteiger partial charge is 0.260 e. The number of aromatic nitrogens is 1. The van der Waals surface area contributed by atoms with Crippen LogP contribution in [0.25, 0.3) is 6.08 Å². The lowest BCUT2D eigenvalue weighted by molar-refractivity contribution is 1.02. The van der Waals surface area contributed by atoms with E-state index in [4.69, 9.17) is 11.6 Å². The van der Waals surface area contributed by atoms with Crippen molar-refractivity contribution < 1.29 is 0 Å². The van der Waals surface area contributed by atoms with E-state index < -0.39 is 0 Å². The monoisotopic (exact) mass is 207 g/mol. The van der Waals surface area contributed by atoms with E-state index in [1.54, 1.807) is 0 Å². The topological polar surface area (TPSA) is 12.9 Å². The number of halogens is 1. The normalized spacial score (nSPS) is 16.4. The van der Waals surface area contributed by atoms with Crippen LogP contribution >= 0.6 is 11.6 Å². The third-order valence-electron chi connectivity index (χ3n) is 2.39. The van der Waals surface area contributed by atoms with Crippen LogP contribution < -0.4 is 0 Å². The zero-order valence-electron chi connectivity index (χ0n) is 8.12. The van der Waals surface area contributed by atoms with Crippen molar-refractivity contribution >= 4 is 17.7 Å². The molecule has 1 saturated carbocycles. The minimum absolute atomic E-state index is 0.685. The second-order valence-corrected chi connectivity index (χ2v) is 4.05. The Morgan fingerprint density at radius 2 is 2.29 bits per heavy atom. The number of nitrogens with zero attached hydrogens (tertiary/aromatic N) is 1. The minimum Gasteiger partial charge on any atom is -0.260 e. The van der Waals surface area contributed by atoms with E-state index >= 15 is 0 Å². The number of allylic oxidation sites excluding steroid dienone is 1. The molecule has 1 nitrogen and oxygen atoms in total. The van der Waals surface area contributed by atoms with Crippen molar-refractivity contribution in [2.75, 3.05) is 5.88 Å². The molecule has 0 atom stereocenters. The highest BCUT2D eigenvalue weighted by atomic mass is 35.5. The summed E-state index contributed by atoms with van der Waals surface area (Å²) >= 11 is 5.58. The molecule has 1 aromatic heterocycles. The SMILES string of the molecule is ClCC/C=C/c1ccc(C2CC2)nc1. The van der Waals surface area contributed by atoms with Gasteiger partial charge >= 0.3 is 0 Å². The lowest BCUT2D eigenvalue weighted by atomic mass is 10.2. The van der Waals surface area contributed by atoms with E-state index in [1.807, 2.05) is 6.20 Å². The van der Waals surface area contributed by atoms with Gasteiger partial charge in [0, 0.05) is 23.7 Å². The maximum atomic E-state index is 5.58. The van der Waals surface area contributed by atoms with Crippen LogP contribution in [0.15, 0.2) is 24.4 Å². The Morgan fingerprint density at radius 3 is 2.86 bits per heavy atom. The molecule has 1 aromatic rings. The summed E-state index contributed by atoms with van der Waals surface area (Å²) in [5.41, 5.74) is 2.42. The van der Waals surface area contributed by atoms with Crippen LogP contribution in [-0.4, -0.2) is 10.9 Å². The van der Waals surface area contributed by atoms with Crippen LogP contribution in [0.2, 0.25) is 0 Å². The van der Waals surface area contributed by atoms with Gasteiger partial charge < -0.3 is 0 Å². The Balaban J connectivity index is 1.98. The summed E-state index contributed by atoms with van der Waals surface area (Å²) in [5.74, 6) is 1.43. The van der Waals surface area contributed by atoms with Gasteiger partial charge in [0.1, 0.15) is 0 Å². The van der Waals surface area contributed by atoms with Crippen molar-refractivity contribution in [2.24, 2.45) is 0 Å². The first kappa shape index (κ1) is 9.72. The molecule has 0 saturated heterocycles. The van der Waals surface area contributed by atoms with E-state index in [9.17, 15) is 0 Å². The van der Waals surface area contributed by atoms with Gasteiger partial charge in [-0.15, -0.1) is 11.6 Å². The Labute approximate surface area is 89.8 Å². The van der Waals surface area contributed by atoms with Gasteiger partial charge in [0.05, 0.1) is 0 Å². The third-order valence-corrected chi connectivity index (χ3v) is 2.61. The molecule has 0 bridgehead atoms. The maximum absolute atomic E-state index is 5.58. The lowest BCUT2D eigenvalue weighted by Gasteiger charge is -1.97. The quantitative estimate of drug-likeness (QED) is 0.688. The first-order valence-corrected chi connectivity index (χ1v) is 5.62. The minimum atomic E-state index is 0.685. The van der Waals surface area contributed by atoms with Gasteiger partial charge in [-0.05, 0) is 30.9 Å². The predicted molar refractivity (Wildman–Crippen MR) is 60.6 cm³/mol. The number of rotatable bonds is 4. The zero-order valence-corrected chi connectivity index (χ0v) is 8.87. The van der Waals surface area contributed by atoms with Crippen molar-refractivity contribution in [3.63, 3.8) is 0 Å². The molecule has 0 radical (unpaired) electrons. The van der Waals surface area contributed by atoms with Crippen molar-refractivity contribution in [3.05, 3.63) is 35.7 Å². The summed E-state index contributed by atoms with van der Waals surface area (Å²) in [7, 11) is 0. The van der Waals surface area contributed by atoms with E-state index in [0.717, 1.165) is 12.3 Å². The molecule has 74 valence electrons. The molecule has 0 aliphatic heterocycles. The molecule has 2 rings (SSSR count). The molecule has 0 amide bonds. The first-order chi connectivity index (χ1) is 6.90. The number of hydrogen-bond donors (Lipinski definition) is 0. The van der Waals surface area contributed by atoms with Crippen molar-refractivity contribution in [2.45, 2.75) is 25.2 Å². The number of hydrogen-bond acceptors (Lipinski definition) is 1. The van der Waals surface area contributed by atoms with Gasteiger partial charge in [-0.3, -0.25) is 4.98 Å². The van der Waals surface area contributed by atoms with E-state index in [2.05, 4.69) is 29.3 Å². The smallest absolute Gasteiger partial charge is 0.0434 e. The standard InChI is InChI=1S/C12H14ClN/c13-8-2-1-3-10-4-7-12(14-9-10)11-5-6-11/h1,3-4,7,9,11H,2,5-6,8H2/b3-1+. The van der Waals surface area contributed by atoms with Gasteiger partial charge in [-0.1, -0.05) is 18.2 Å². The van der Waals surface area contributed by atoms with Gasteiger partial charge in [-0.2, -0.15) is 0 Å². The summed E-state index contributed by atoms with van der Waals surface area (Å²) in [6.45, 7) is 0. The van der Waals surface area contributed by atoms with Crippen LogP contribution in [0.5, 0.6) is 0 Å². The fraction of sp³-hybridized carbons (Fsp3) is 0.417. The highest BCUT2D eigenvalue weighted by Gasteiger charge is 2.24. The molecule has 2 heteroatoms. The van der Waals surface area contributed by atoms with Crippen LogP contribution in [0.1, 0.15) is 36.4 Å². The first-order valence-electron chi connectivity index (χ1n) is 5.08. The average Bonchev–Trinajstić information content (AvgIpc) is 3.03. The zero-order chi connectivity index (χ0) is 9.80. The van der Waals surface area contributed by atoms with Crippen molar-refractivity contribution in [1.82, 2.24) is 4.98 Å². The highest BCUT2D eigenvalue weighted by Crippen LogP contribution is 2.38. The fourth-order valence-electron chi connectivity index (χ4n) is 1.42. The molecule has 0 unspecified atom stereocenters. The van der Waals surface area contributed by atoms with Gasteiger partial charge in [0.15, 0.2) is 0 Å². The summed E-state index contributed by atoms with van der Waals surface area (Å²) < 4.78 is 0. The summed E-state index contributed by atoms with van der Waals surface area (Å²) in [5, 5.41) is 0. The maximum Gasteiger partial charge on any atom is 0.0434 e. The molecule has 1 heterocycles. The molecule has 14 heavy (non-hydrogen) atoms. The second-order valence-electron chi connectivity index (χ2n) is 3.67. The van der Waals surface area contributed by atoms with Gasteiger partial charge in [-0.25, -0.2) is 0 Å². The highest BCUT2D eigenvalue weighted by molar-refractivity contribution is 6.17. The molecule has 0 aromatic carbocycles. The van der Waals surface area contributed by atoms with Crippen LogP contribution in [0.3, 0.4) is 0 Å².